The number of allylic oxidation sites excluding steroid dienone is 7. The van der Waals surface area contributed by atoms with Gasteiger partial charge in [0.2, 0.25) is 5.91 Å². The number of hydrogen-bond acceptors (Lipinski definition) is 5. The number of carbonyl (C=O) groups excluding carboxylic acids is 2. The standard InChI is InChI=1S/C37H64N2O5/c1-3-5-7-9-11-13-14-16-17-19-22-27-33(44-36(41)31-25-20-18-15-12-10-8-6-4-2)28-23-21-24-30-35(40)39-34(37(42)43)29-26-32-38/h5,7,11,13,16-17,22,27,33-34H,3-4,6,8-10,12,14-15,18-21,23-26,28-32,38H2,1-2H3,(H,39,40)(H,42,43)/b7-5-,13-11-,17-16-,27-22-. The number of esters is 1. The summed E-state index contributed by atoms with van der Waals surface area (Å²) in [5.74, 6) is -1.42. The summed E-state index contributed by atoms with van der Waals surface area (Å²) < 4.78 is 5.84. The van der Waals surface area contributed by atoms with Crippen LogP contribution in [-0.2, 0) is 19.1 Å². The molecule has 44 heavy (non-hydrogen) atoms. The summed E-state index contributed by atoms with van der Waals surface area (Å²) >= 11 is 0. The van der Waals surface area contributed by atoms with Crippen molar-refractivity contribution in [2.24, 2.45) is 5.73 Å². The van der Waals surface area contributed by atoms with Gasteiger partial charge in [0.25, 0.3) is 0 Å². The maximum Gasteiger partial charge on any atom is 0.326 e. The van der Waals surface area contributed by atoms with Gasteiger partial charge in [-0.15, -0.1) is 0 Å². The second-order valence-electron chi connectivity index (χ2n) is 11.6. The molecule has 0 saturated heterocycles. The zero-order valence-corrected chi connectivity index (χ0v) is 28.0. The number of carboxylic acids is 1. The molecule has 4 N–H and O–H groups in total. The topological polar surface area (TPSA) is 119 Å². The summed E-state index contributed by atoms with van der Waals surface area (Å²) in [6.45, 7) is 4.76. The van der Waals surface area contributed by atoms with E-state index in [1.807, 2.05) is 6.08 Å². The minimum absolute atomic E-state index is 0.142. The lowest BCUT2D eigenvalue weighted by Crippen LogP contribution is -2.40. The molecule has 0 fully saturated rings. The van der Waals surface area contributed by atoms with Crippen LogP contribution in [0.15, 0.2) is 48.6 Å². The van der Waals surface area contributed by atoms with Crippen LogP contribution in [0.5, 0.6) is 0 Å². The second kappa shape index (κ2) is 31.7. The highest BCUT2D eigenvalue weighted by molar-refractivity contribution is 5.83. The van der Waals surface area contributed by atoms with E-state index in [0.29, 0.717) is 38.6 Å². The van der Waals surface area contributed by atoms with Crippen LogP contribution in [0.4, 0.5) is 0 Å². The van der Waals surface area contributed by atoms with Gasteiger partial charge >= 0.3 is 11.9 Å². The molecule has 1 amide bonds. The molecule has 252 valence electrons. The molecule has 0 aromatic rings. The van der Waals surface area contributed by atoms with Crippen LogP contribution in [0.2, 0.25) is 0 Å². The quantitative estimate of drug-likeness (QED) is 0.0421. The van der Waals surface area contributed by atoms with Crippen LogP contribution < -0.4 is 11.1 Å². The number of rotatable bonds is 30. The molecule has 0 aliphatic rings. The number of carbonyl (C=O) groups is 3. The molecular weight excluding hydrogens is 552 g/mol. The molecule has 7 heteroatoms. The molecule has 0 bridgehead atoms. The Kier molecular flexibility index (Phi) is 29.8. The molecule has 0 rings (SSSR count). The second-order valence-corrected chi connectivity index (χ2v) is 11.6. The molecule has 0 heterocycles. The van der Waals surface area contributed by atoms with Gasteiger partial charge in [0.1, 0.15) is 12.1 Å². The molecule has 0 radical (unpaired) electrons. The van der Waals surface area contributed by atoms with Gasteiger partial charge in [-0.2, -0.15) is 0 Å². The molecular formula is C37H64N2O5. The van der Waals surface area contributed by atoms with Crippen molar-refractivity contribution in [3.05, 3.63) is 48.6 Å². The lowest BCUT2D eigenvalue weighted by molar-refractivity contribution is -0.147. The Morgan fingerprint density at radius 1 is 0.682 bits per heavy atom. The van der Waals surface area contributed by atoms with Crippen molar-refractivity contribution in [3.63, 3.8) is 0 Å². The number of nitrogens with two attached hydrogens (primary N) is 1. The Balaban J connectivity index is 4.58. The molecule has 2 atom stereocenters. The predicted octanol–water partition coefficient (Wildman–Crippen LogP) is 8.88. The smallest absolute Gasteiger partial charge is 0.326 e. The zero-order valence-electron chi connectivity index (χ0n) is 28.0. The summed E-state index contributed by atoms with van der Waals surface area (Å²) in [5, 5.41) is 11.9. The van der Waals surface area contributed by atoms with Crippen molar-refractivity contribution < 1.29 is 24.2 Å². The Morgan fingerprint density at radius 3 is 1.82 bits per heavy atom. The third kappa shape index (κ3) is 28.1. The first-order valence-electron chi connectivity index (χ1n) is 17.5. The fourth-order valence-corrected chi connectivity index (χ4v) is 4.77. The van der Waals surface area contributed by atoms with Crippen molar-refractivity contribution in [3.8, 4) is 0 Å². The minimum atomic E-state index is -1.03. The van der Waals surface area contributed by atoms with Gasteiger partial charge < -0.3 is 20.9 Å². The van der Waals surface area contributed by atoms with E-state index in [4.69, 9.17) is 10.5 Å². The number of unbranched alkanes of at least 4 members (excludes halogenated alkanes) is 10. The fourth-order valence-electron chi connectivity index (χ4n) is 4.77. The average molecular weight is 617 g/mol. The fraction of sp³-hybridized carbons (Fsp3) is 0.703. The maximum atomic E-state index is 12.6. The Bertz CT molecular complexity index is 834. The van der Waals surface area contributed by atoms with Gasteiger partial charge in [-0.25, -0.2) is 4.79 Å². The van der Waals surface area contributed by atoms with Gasteiger partial charge in [-0.3, -0.25) is 9.59 Å². The van der Waals surface area contributed by atoms with Gasteiger partial charge in [-0.1, -0.05) is 114 Å². The summed E-state index contributed by atoms with van der Waals surface area (Å²) in [5.41, 5.74) is 5.46. The minimum Gasteiger partial charge on any atom is -0.480 e. The molecule has 0 aliphatic heterocycles. The number of ether oxygens (including phenoxy) is 1. The van der Waals surface area contributed by atoms with Crippen molar-refractivity contribution in [2.45, 2.75) is 161 Å². The monoisotopic (exact) mass is 616 g/mol. The van der Waals surface area contributed by atoms with Crippen LogP contribution in [-0.4, -0.2) is 41.6 Å². The van der Waals surface area contributed by atoms with E-state index in [0.717, 1.165) is 51.4 Å². The SMILES string of the molecule is CC/C=C\C/C=C\C/C=C\C/C=C\C(CCCCCC(=O)NC(CCCN)C(=O)O)OC(=O)CCCCCCCCCCC. The van der Waals surface area contributed by atoms with Gasteiger partial charge in [0.15, 0.2) is 0 Å². The molecule has 0 aromatic carbocycles. The summed E-state index contributed by atoms with van der Waals surface area (Å²) in [6.07, 6.45) is 35.9. The van der Waals surface area contributed by atoms with Gasteiger partial charge in [0, 0.05) is 12.8 Å². The van der Waals surface area contributed by atoms with Crippen LogP contribution in [0, 0.1) is 0 Å². The first-order valence-corrected chi connectivity index (χ1v) is 17.5. The number of hydrogen-bond donors (Lipinski definition) is 3. The Labute approximate surface area is 268 Å². The van der Waals surface area contributed by atoms with Crippen molar-refractivity contribution in [2.75, 3.05) is 6.54 Å². The zero-order chi connectivity index (χ0) is 32.5. The van der Waals surface area contributed by atoms with Crippen molar-refractivity contribution >= 4 is 17.8 Å². The lowest BCUT2D eigenvalue weighted by atomic mass is 10.1. The van der Waals surface area contributed by atoms with Crippen LogP contribution in [0.1, 0.15) is 149 Å². The van der Waals surface area contributed by atoms with E-state index in [9.17, 15) is 19.5 Å². The van der Waals surface area contributed by atoms with Crippen LogP contribution in [0.25, 0.3) is 0 Å². The molecule has 0 saturated carbocycles. The highest BCUT2D eigenvalue weighted by Crippen LogP contribution is 2.14. The Morgan fingerprint density at radius 2 is 1.23 bits per heavy atom. The van der Waals surface area contributed by atoms with E-state index in [1.54, 1.807) is 0 Å². The van der Waals surface area contributed by atoms with Crippen molar-refractivity contribution in [1.29, 1.82) is 0 Å². The molecule has 0 aliphatic carbocycles. The van der Waals surface area contributed by atoms with Gasteiger partial charge in [0.05, 0.1) is 0 Å². The van der Waals surface area contributed by atoms with E-state index >= 15 is 0 Å². The van der Waals surface area contributed by atoms with E-state index in [2.05, 4.69) is 61.7 Å². The number of nitrogens with one attached hydrogen (secondary N) is 1. The van der Waals surface area contributed by atoms with Crippen LogP contribution >= 0.6 is 0 Å². The molecule has 0 spiro atoms. The lowest BCUT2D eigenvalue weighted by Gasteiger charge is -2.15. The average Bonchev–Trinajstić information content (AvgIpc) is 3.00. The molecule has 0 aromatic heterocycles. The number of aliphatic carboxylic acids is 1. The largest absolute Gasteiger partial charge is 0.480 e. The van der Waals surface area contributed by atoms with E-state index in [-0.39, 0.29) is 24.4 Å². The number of carboxylic acid groups (broad SMARTS) is 1. The first kappa shape index (κ1) is 41.3. The maximum absolute atomic E-state index is 12.6. The summed E-state index contributed by atoms with van der Waals surface area (Å²) in [4.78, 5) is 36.1. The van der Waals surface area contributed by atoms with Crippen LogP contribution in [0.3, 0.4) is 0 Å². The summed E-state index contributed by atoms with van der Waals surface area (Å²) in [6, 6.07) is -0.890. The highest BCUT2D eigenvalue weighted by atomic mass is 16.5. The van der Waals surface area contributed by atoms with Crippen molar-refractivity contribution in [1.82, 2.24) is 5.32 Å². The third-order valence-electron chi connectivity index (χ3n) is 7.39. The summed E-state index contributed by atoms with van der Waals surface area (Å²) in [7, 11) is 0. The predicted molar refractivity (Wildman–Crippen MR) is 183 cm³/mol. The van der Waals surface area contributed by atoms with Gasteiger partial charge in [-0.05, 0) is 76.8 Å². The third-order valence-corrected chi connectivity index (χ3v) is 7.39. The highest BCUT2D eigenvalue weighted by Gasteiger charge is 2.19. The molecule has 7 nitrogen and oxygen atoms in total. The number of amides is 1. The normalized spacial score (nSPS) is 13.3. The van der Waals surface area contributed by atoms with E-state index < -0.39 is 12.0 Å². The first-order chi connectivity index (χ1) is 21.4. The Hall–Kier alpha value is -2.67. The van der Waals surface area contributed by atoms with E-state index in [1.165, 1.54) is 44.9 Å². The molecule has 2 unspecified atom stereocenters.